The lowest BCUT2D eigenvalue weighted by atomic mass is 10.2. The van der Waals surface area contributed by atoms with Crippen molar-refractivity contribution in [1.82, 2.24) is 0 Å². The van der Waals surface area contributed by atoms with Crippen LogP contribution < -0.4 is 4.74 Å². The molecule has 2 nitrogen and oxygen atoms in total. The molecular formula is C10H6Br2O2. The number of hydrogen-bond donors (Lipinski definition) is 0. The lowest BCUT2D eigenvalue weighted by Crippen LogP contribution is -1.85. The van der Waals surface area contributed by atoms with E-state index in [9.17, 15) is 4.79 Å². The van der Waals surface area contributed by atoms with Crippen LogP contribution in [0, 0.1) is 0 Å². The molecule has 0 unspecified atom stereocenters. The molecule has 0 aromatic heterocycles. The summed E-state index contributed by atoms with van der Waals surface area (Å²) in [5, 5.41) is 0. The molecule has 0 aliphatic carbocycles. The van der Waals surface area contributed by atoms with Crippen molar-refractivity contribution < 1.29 is 9.53 Å². The molecule has 4 heteroatoms. The molecule has 0 heterocycles. The number of carbonyl (C=O) groups excluding carboxylic acids is 1. The van der Waals surface area contributed by atoms with Gasteiger partial charge in [0.25, 0.3) is 0 Å². The molecule has 1 rings (SSSR count). The molecular weight excluding hydrogens is 312 g/mol. The first-order chi connectivity index (χ1) is 6.74. The molecule has 0 bridgehead atoms. The van der Waals surface area contributed by atoms with E-state index in [1.54, 1.807) is 12.0 Å². The molecule has 0 radical (unpaired) electrons. The fraction of sp³-hybridized carbons (Fsp3) is 0. The van der Waals surface area contributed by atoms with Crippen LogP contribution in [0.4, 0.5) is 0 Å². The summed E-state index contributed by atoms with van der Waals surface area (Å²) in [7, 11) is 0. The van der Waals surface area contributed by atoms with Gasteiger partial charge in [0.1, 0.15) is 5.75 Å². The van der Waals surface area contributed by atoms with E-state index >= 15 is 0 Å². The molecule has 0 atom stereocenters. The third-order valence-corrected chi connectivity index (χ3v) is 1.88. The van der Waals surface area contributed by atoms with Crippen LogP contribution in [0.3, 0.4) is 0 Å². The van der Waals surface area contributed by atoms with Crippen LogP contribution >= 0.6 is 31.9 Å². The molecule has 0 amide bonds. The highest BCUT2D eigenvalue weighted by Crippen LogP contribution is 2.25. The smallest absolute Gasteiger partial charge is 0.174 e. The molecule has 14 heavy (non-hydrogen) atoms. The summed E-state index contributed by atoms with van der Waals surface area (Å²) in [4.78, 5) is 9.97. The predicted molar refractivity (Wildman–Crippen MR) is 63.2 cm³/mol. The van der Waals surface area contributed by atoms with E-state index < -0.39 is 0 Å². The van der Waals surface area contributed by atoms with Crippen molar-refractivity contribution in [2.45, 2.75) is 0 Å². The van der Waals surface area contributed by atoms with E-state index in [4.69, 9.17) is 4.74 Å². The van der Waals surface area contributed by atoms with Crippen molar-refractivity contribution in [2.24, 2.45) is 0 Å². The Morgan fingerprint density at radius 1 is 1.36 bits per heavy atom. The highest BCUT2D eigenvalue weighted by molar-refractivity contribution is 9.28. The van der Waals surface area contributed by atoms with Gasteiger partial charge in [-0.3, -0.25) is 0 Å². The molecule has 0 saturated carbocycles. The van der Waals surface area contributed by atoms with Crippen LogP contribution in [-0.4, -0.2) is 5.94 Å². The lowest BCUT2D eigenvalue weighted by molar-refractivity contribution is 0.475. The van der Waals surface area contributed by atoms with Crippen molar-refractivity contribution in [3.63, 3.8) is 0 Å². The van der Waals surface area contributed by atoms with Gasteiger partial charge in [0.15, 0.2) is 12.2 Å². The van der Waals surface area contributed by atoms with Gasteiger partial charge in [0.05, 0.1) is 3.39 Å². The van der Waals surface area contributed by atoms with Gasteiger partial charge in [-0.25, -0.2) is 4.79 Å². The van der Waals surface area contributed by atoms with E-state index in [-0.39, 0.29) is 0 Å². The third kappa shape index (κ3) is 3.50. The Morgan fingerprint density at radius 2 is 2.07 bits per heavy atom. The van der Waals surface area contributed by atoms with Gasteiger partial charge in [0, 0.05) is 5.56 Å². The van der Waals surface area contributed by atoms with Crippen LogP contribution in [0.1, 0.15) is 5.56 Å². The number of para-hydroxylation sites is 1. The second kappa shape index (κ2) is 5.81. The van der Waals surface area contributed by atoms with E-state index in [0.717, 1.165) is 15.2 Å². The fourth-order valence-electron chi connectivity index (χ4n) is 0.912. The summed E-state index contributed by atoms with van der Waals surface area (Å²) in [5.74, 6) is 2.16. The number of benzene rings is 1. The van der Waals surface area contributed by atoms with Crippen LogP contribution in [0.25, 0.3) is 6.08 Å². The largest absolute Gasteiger partial charge is 0.453 e. The van der Waals surface area contributed by atoms with Crippen molar-refractivity contribution in [2.75, 3.05) is 0 Å². The Bertz CT molecular complexity index is 389. The predicted octanol–water partition coefficient (Wildman–Crippen LogP) is 3.50. The van der Waals surface area contributed by atoms with Crippen molar-refractivity contribution in [3.8, 4) is 5.75 Å². The number of rotatable bonds is 3. The maximum absolute atomic E-state index is 9.97. The first-order valence-electron chi connectivity index (χ1n) is 3.72. The first-order valence-corrected chi connectivity index (χ1v) is 5.30. The minimum Gasteiger partial charge on any atom is -0.453 e. The van der Waals surface area contributed by atoms with Crippen molar-refractivity contribution in [1.29, 1.82) is 0 Å². The Kier molecular flexibility index (Phi) is 4.66. The third-order valence-electron chi connectivity index (χ3n) is 1.42. The SMILES string of the molecule is O=C=COc1ccccc1C=C(Br)Br. The number of halogens is 2. The van der Waals surface area contributed by atoms with E-state index in [2.05, 4.69) is 31.9 Å². The zero-order chi connectivity index (χ0) is 10.4. The van der Waals surface area contributed by atoms with Crippen molar-refractivity contribution >= 4 is 43.9 Å². The minimum absolute atomic E-state index is 0.604. The molecule has 0 aliphatic heterocycles. The molecule has 72 valence electrons. The summed E-state index contributed by atoms with van der Waals surface area (Å²) in [6, 6.07) is 7.35. The molecule has 0 aliphatic rings. The summed E-state index contributed by atoms with van der Waals surface area (Å²) in [5.41, 5.74) is 0.864. The minimum atomic E-state index is 0.604. The molecule has 0 N–H and O–H groups in total. The topological polar surface area (TPSA) is 26.3 Å². The Labute approximate surface area is 98.5 Å². The van der Waals surface area contributed by atoms with Gasteiger partial charge in [-0.15, -0.1) is 0 Å². The summed E-state index contributed by atoms with van der Waals surface area (Å²) < 4.78 is 5.85. The summed E-state index contributed by atoms with van der Waals surface area (Å²) >= 11 is 6.50. The Morgan fingerprint density at radius 3 is 2.71 bits per heavy atom. The highest BCUT2D eigenvalue weighted by atomic mass is 79.9. The maximum atomic E-state index is 9.97. The second-order valence-electron chi connectivity index (χ2n) is 2.33. The molecule has 0 fully saturated rings. The highest BCUT2D eigenvalue weighted by Gasteiger charge is 1.98. The first kappa shape index (κ1) is 11.2. The summed E-state index contributed by atoms with van der Waals surface area (Å²) in [6.45, 7) is 0. The van der Waals surface area contributed by atoms with Gasteiger partial charge >= 0.3 is 0 Å². The van der Waals surface area contributed by atoms with Crippen LogP contribution in [0.2, 0.25) is 0 Å². The van der Waals surface area contributed by atoms with Crippen LogP contribution in [-0.2, 0) is 4.79 Å². The van der Waals surface area contributed by atoms with E-state index in [1.165, 1.54) is 0 Å². The van der Waals surface area contributed by atoms with Gasteiger partial charge in [-0.2, -0.15) is 0 Å². The quantitative estimate of drug-likeness (QED) is 0.630. The molecule has 0 saturated heterocycles. The molecule has 1 aromatic carbocycles. The second-order valence-corrected chi connectivity index (χ2v) is 5.10. The van der Waals surface area contributed by atoms with Gasteiger partial charge in [-0.05, 0) is 44.0 Å². The average Bonchev–Trinajstić information content (AvgIpc) is 2.16. The Hall–Kier alpha value is -0.830. The summed E-state index contributed by atoms with van der Waals surface area (Å²) in [6.07, 6.45) is 2.81. The average molecular weight is 318 g/mol. The van der Waals surface area contributed by atoms with Gasteiger partial charge in [0.2, 0.25) is 0 Å². The Balaban J connectivity index is 3.02. The van der Waals surface area contributed by atoms with Gasteiger partial charge in [-0.1, -0.05) is 18.2 Å². The monoisotopic (exact) mass is 316 g/mol. The van der Waals surface area contributed by atoms with Gasteiger partial charge < -0.3 is 4.74 Å². The maximum Gasteiger partial charge on any atom is 0.174 e. The normalized spacial score (nSPS) is 8.71. The lowest BCUT2D eigenvalue weighted by Gasteiger charge is -2.02. The molecule has 1 aromatic rings. The standard InChI is InChI=1S/C10H6Br2O2/c11-10(12)7-8-3-1-2-4-9(8)14-6-5-13/h1-4,6-7H. The molecule has 0 spiro atoms. The zero-order valence-corrected chi connectivity index (χ0v) is 10.2. The fourth-order valence-corrected chi connectivity index (χ4v) is 1.41. The number of hydrogen-bond acceptors (Lipinski definition) is 2. The van der Waals surface area contributed by atoms with Crippen molar-refractivity contribution in [3.05, 3.63) is 39.5 Å². The number of ether oxygens (including phenoxy) is 1. The van der Waals surface area contributed by atoms with Crippen LogP contribution in [0.15, 0.2) is 33.9 Å². The van der Waals surface area contributed by atoms with E-state index in [0.29, 0.717) is 5.75 Å². The zero-order valence-electron chi connectivity index (χ0n) is 7.04. The van der Waals surface area contributed by atoms with Crippen LogP contribution in [0.5, 0.6) is 5.75 Å². The van der Waals surface area contributed by atoms with E-state index in [1.807, 2.05) is 24.3 Å².